The molecule has 112 valence electrons. The van der Waals surface area contributed by atoms with E-state index in [0.717, 1.165) is 10.0 Å². The molecule has 1 atom stereocenters. The molecule has 0 bridgehead atoms. The fourth-order valence-corrected chi connectivity index (χ4v) is 2.53. The minimum absolute atomic E-state index is 0.249. The molecule has 1 N–H and O–H groups in total. The average Bonchev–Trinajstić information content (AvgIpc) is 2.53. The summed E-state index contributed by atoms with van der Waals surface area (Å²) in [5.41, 5.74) is -0.197. The Hall–Kier alpha value is -1.66. The van der Waals surface area contributed by atoms with Crippen molar-refractivity contribution < 1.29 is 14.6 Å². The van der Waals surface area contributed by atoms with Crippen LogP contribution in [-0.4, -0.2) is 29.3 Å². The number of halogens is 1. The van der Waals surface area contributed by atoms with Crippen molar-refractivity contribution in [3.8, 4) is 11.8 Å². The first-order valence-electron chi connectivity index (χ1n) is 6.49. The SMILES string of the molecule is CCC(O)(c1cccc(Br)c1)c1ncc(OC)nc1OC. The predicted octanol–water partition coefficient (Wildman–Crippen LogP) is 2.90. The topological polar surface area (TPSA) is 64.5 Å². The van der Waals surface area contributed by atoms with E-state index in [2.05, 4.69) is 25.9 Å². The van der Waals surface area contributed by atoms with Gasteiger partial charge in [-0.2, -0.15) is 4.98 Å². The van der Waals surface area contributed by atoms with Crippen LogP contribution in [0.2, 0.25) is 0 Å². The number of nitrogens with zero attached hydrogens (tertiary/aromatic N) is 2. The number of methoxy groups -OCH3 is 2. The van der Waals surface area contributed by atoms with Gasteiger partial charge in [-0.15, -0.1) is 0 Å². The van der Waals surface area contributed by atoms with E-state index in [1.54, 1.807) is 0 Å². The maximum atomic E-state index is 11.1. The first-order chi connectivity index (χ1) is 10.0. The number of hydrogen-bond donors (Lipinski definition) is 1. The summed E-state index contributed by atoms with van der Waals surface area (Å²) in [5.74, 6) is 0.585. The lowest BCUT2D eigenvalue weighted by molar-refractivity contribution is 0.0677. The zero-order valence-electron chi connectivity index (χ0n) is 12.1. The normalized spacial score (nSPS) is 13.6. The number of aliphatic hydroxyl groups is 1. The van der Waals surface area contributed by atoms with Crippen LogP contribution in [0.1, 0.15) is 24.6 Å². The van der Waals surface area contributed by atoms with Crippen molar-refractivity contribution in [2.45, 2.75) is 18.9 Å². The highest BCUT2D eigenvalue weighted by atomic mass is 79.9. The lowest BCUT2D eigenvalue weighted by atomic mass is 9.88. The van der Waals surface area contributed by atoms with E-state index >= 15 is 0 Å². The van der Waals surface area contributed by atoms with Crippen LogP contribution >= 0.6 is 15.9 Å². The van der Waals surface area contributed by atoms with Gasteiger partial charge in [0.25, 0.3) is 0 Å². The van der Waals surface area contributed by atoms with Crippen LogP contribution in [0.25, 0.3) is 0 Å². The number of aromatic nitrogens is 2. The lowest BCUT2D eigenvalue weighted by Gasteiger charge is -2.27. The van der Waals surface area contributed by atoms with Gasteiger partial charge in [0.05, 0.1) is 20.4 Å². The first kappa shape index (κ1) is 15.7. The Labute approximate surface area is 132 Å². The Morgan fingerprint density at radius 3 is 2.62 bits per heavy atom. The van der Waals surface area contributed by atoms with Gasteiger partial charge in [-0.3, -0.25) is 0 Å². The molecular formula is C15H17BrN2O3. The second-order valence-corrected chi connectivity index (χ2v) is 5.41. The van der Waals surface area contributed by atoms with E-state index in [-0.39, 0.29) is 5.88 Å². The van der Waals surface area contributed by atoms with E-state index < -0.39 is 5.60 Å². The van der Waals surface area contributed by atoms with Crippen molar-refractivity contribution >= 4 is 15.9 Å². The van der Waals surface area contributed by atoms with E-state index in [1.165, 1.54) is 20.4 Å². The lowest BCUT2D eigenvalue weighted by Crippen LogP contribution is -2.28. The fraction of sp³-hybridized carbons (Fsp3) is 0.333. The van der Waals surface area contributed by atoms with Crippen LogP contribution in [0, 0.1) is 0 Å². The third-order valence-electron chi connectivity index (χ3n) is 3.33. The molecule has 0 aliphatic heterocycles. The summed E-state index contributed by atoms with van der Waals surface area (Å²) in [6.45, 7) is 1.88. The molecule has 1 aromatic carbocycles. The molecule has 6 heteroatoms. The molecule has 1 heterocycles. The Balaban J connectivity index is 2.59. The Kier molecular flexibility index (Phi) is 4.80. The number of ether oxygens (including phenoxy) is 2. The molecule has 2 rings (SSSR count). The molecule has 0 saturated heterocycles. The van der Waals surface area contributed by atoms with Crippen LogP contribution in [-0.2, 0) is 5.60 Å². The van der Waals surface area contributed by atoms with Crippen molar-refractivity contribution in [3.05, 3.63) is 46.2 Å². The van der Waals surface area contributed by atoms with Gasteiger partial charge >= 0.3 is 0 Å². The molecule has 0 aliphatic rings. The third-order valence-corrected chi connectivity index (χ3v) is 3.82. The largest absolute Gasteiger partial charge is 0.480 e. The highest BCUT2D eigenvalue weighted by molar-refractivity contribution is 9.10. The molecule has 0 radical (unpaired) electrons. The van der Waals surface area contributed by atoms with Gasteiger partial charge in [-0.1, -0.05) is 35.0 Å². The minimum atomic E-state index is -1.28. The van der Waals surface area contributed by atoms with E-state index in [9.17, 15) is 5.11 Å². The van der Waals surface area contributed by atoms with E-state index in [0.29, 0.717) is 18.0 Å². The monoisotopic (exact) mass is 352 g/mol. The zero-order valence-corrected chi connectivity index (χ0v) is 13.7. The Morgan fingerprint density at radius 2 is 2.05 bits per heavy atom. The van der Waals surface area contributed by atoms with Crippen LogP contribution in [0.15, 0.2) is 34.9 Å². The van der Waals surface area contributed by atoms with Crippen molar-refractivity contribution in [2.24, 2.45) is 0 Å². The molecule has 21 heavy (non-hydrogen) atoms. The number of benzene rings is 1. The quantitative estimate of drug-likeness (QED) is 0.896. The Bertz CT molecular complexity index is 636. The van der Waals surface area contributed by atoms with Crippen LogP contribution in [0.4, 0.5) is 0 Å². The van der Waals surface area contributed by atoms with Gasteiger partial charge in [0.15, 0.2) is 0 Å². The van der Waals surface area contributed by atoms with Crippen molar-refractivity contribution in [1.82, 2.24) is 9.97 Å². The van der Waals surface area contributed by atoms with Crippen molar-refractivity contribution in [1.29, 1.82) is 0 Å². The first-order valence-corrected chi connectivity index (χ1v) is 7.28. The summed E-state index contributed by atoms with van der Waals surface area (Å²) in [7, 11) is 2.99. The molecule has 0 amide bonds. The summed E-state index contributed by atoms with van der Waals surface area (Å²) >= 11 is 3.42. The second-order valence-electron chi connectivity index (χ2n) is 4.49. The summed E-state index contributed by atoms with van der Waals surface area (Å²) in [6, 6.07) is 7.47. The molecule has 1 aromatic heterocycles. The van der Waals surface area contributed by atoms with E-state index in [1.807, 2.05) is 31.2 Å². The second kappa shape index (κ2) is 6.41. The summed E-state index contributed by atoms with van der Waals surface area (Å²) in [4.78, 5) is 8.48. The third kappa shape index (κ3) is 3.01. The van der Waals surface area contributed by atoms with E-state index in [4.69, 9.17) is 9.47 Å². The number of hydrogen-bond acceptors (Lipinski definition) is 5. The molecule has 0 saturated carbocycles. The van der Waals surface area contributed by atoms with Gasteiger partial charge in [-0.25, -0.2) is 4.98 Å². The average molecular weight is 353 g/mol. The van der Waals surface area contributed by atoms with Gasteiger partial charge in [-0.05, 0) is 24.1 Å². The molecular weight excluding hydrogens is 336 g/mol. The van der Waals surface area contributed by atoms with Crippen LogP contribution in [0.3, 0.4) is 0 Å². The van der Waals surface area contributed by atoms with Gasteiger partial charge in [0.2, 0.25) is 11.8 Å². The van der Waals surface area contributed by atoms with Crippen LogP contribution in [0.5, 0.6) is 11.8 Å². The minimum Gasteiger partial charge on any atom is -0.480 e. The maximum Gasteiger partial charge on any atom is 0.242 e. The summed E-state index contributed by atoms with van der Waals surface area (Å²) in [6.07, 6.45) is 1.90. The summed E-state index contributed by atoms with van der Waals surface area (Å²) in [5, 5.41) is 11.1. The fourth-order valence-electron chi connectivity index (χ4n) is 2.14. The molecule has 0 fully saturated rings. The Morgan fingerprint density at radius 1 is 1.29 bits per heavy atom. The zero-order chi connectivity index (χ0) is 15.5. The number of rotatable bonds is 5. The molecule has 1 unspecified atom stereocenters. The van der Waals surface area contributed by atoms with Gasteiger partial charge in [0, 0.05) is 4.47 Å². The highest BCUT2D eigenvalue weighted by Crippen LogP contribution is 2.37. The molecule has 2 aromatic rings. The summed E-state index contributed by atoms with van der Waals surface area (Å²) < 4.78 is 11.2. The van der Waals surface area contributed by atoms with Crippen molar-refractivity contribution in [3.63, 3.8) is 0 Å². The predicted molar refractivity (Wildman–Crippen MR) is 82.6 cm³/mol. The van der Waals surface area contributed by atoms with Crippen LogP contribution < -0.4 is 9.47 Å². The van der Waals surface area contributed by atoms with Gasteiger partial charge in [0.1, 0.15) is 11.3 Å². The molecule has 5 nitrogen and oxygen atoms in total. The van der Waals surface area contributed by atoms with Crippen molar-refractivity contribution in [2.75, 3.05) is 14.2 Å². The molecule has 0 aliphatic carbocycles. The van der Waals surface area contributed by atoms with Gasteiger partial charge < -0.3 is 14.6 Å². The maximum absolute atomic E-state index is 11.1. The standard InChI is InChI=1S/C15H17BrN2O3/c1-4-15(19,10-6-5-7-11(16)8-10)13-14(21-3)18-12(20-2)9-17-13/h5-9,19H,4H2,1-3H3. The smallest absolute Gasteiger partial charge is 0.242 e. The highest BCUT2D eigenvalue weighted by Gasteiger charge is 2.35. The molecule has 0 spiro atoms.